The van der Waals surface area contributed by atoms with Gasteiger partial charge in [0.05, 0.1) is 11.0 Å². The van der Waals surface area contributed by atoms with Gasteiger partial charge in [0.2, 0.25) is 26.6 Å². The molecule has 1 aliphatic heterocycles. The third kappa shape index (κ3) is 3.92. The number of ether oxygens (including phenoxy) is 1. The molecule has 0 spiro atoms. The van der Waals surface area contributed by atoms with Crippen LogP contribution < -0.4 is 5.32 Å². The maximum atomic E-state index is 13.2. The first kappa shape index (κ1) is 19.0. The summed E-state index contributed by atoms with van der Waals surface area (Å²) in [4.78, 5) is 4.41. The van der Waals surface area contributed by atoms with Crippen LogP contribution in [0.4, 0.5) is 5.88 Å². The van der Waals surface area contributed by atoms with Gasteiger partial charge in [0.25, 0.3) is 0 Å². The molecule has 0 saturated carbocycles. The Morgan fingerprint density at radius 2 is 1.86 bits per heavy atom. The van der Waals surface area contributed by atoms with Crippen LogP contribution in [0.2, 0.25) is 5.02 Å². The number of nitrogens with zero attached hydrogens (tertiary/aromatic N) is 1. The number of sulfone groups is 1. The fraction of sp³-hybridized carbons (Fsp3) is 0.250. The number of halogens is 1. The van der Waals surface area contributed by atoms with Crippen molar-refractivity contribution in [3.8, 4) is 11.5 Å². The van der Waals surface area contributed by atoms with Gasteiger partial charge in [0.1, 0.15) is 0 Å². The van der Waals surface area contributed by atoms with Gasteiger partial charge in [0.15, 0.2) is 0 Å². The van der Waals surface area contributed by atoms with Crippen molar-refractivity contribution in [3.05, 3.63) is 59.6 Å². The van der Waals surface area contributed by atoms with E-state index in [0.717, 1.165) is 12.8 Å². The highest BCUT2D eigenvalue weighted by molar-refractivity contribution is 7.91. The summed E-state index contributed by atoms with van der Waals surface area (Å²) in [6.45, 7) is 1.17. The van der Waals surface area contributed by atoms with E-state index in [0.29, 0.717) is 23.7 Å². The quantitative estimate of drug-likeness (QED) is 0.638. The molecule has 2 aromatic carbocycles. The molecular weight excluding hydrogens is 400 g/mol. The highest BCUT2D eigenvalue weighted by atomic mass is 35.5. The molecule has 1 fully saturated rings. The van der Waals surface area contributed by atoms with Gasteiger partial charge >= 0.3 is 0 Å². The number of aromatic nitrogens is 1. The molecule has 1 aromatic heterocycles. The van der Waals surface area contributed by atoms with E-state index in [1.165, 1.54) is 24.3 Å². The van der Waals surface area contributed by atoms with Crippen molar-refractivity contribution >= 4 is 27.3 Å². The summed E-state index contributed by atoms with van der Waals surface area (Å²) in [6.07, 6.45) is 1.94. The van der Waals surface area contributed by atoms with Crippen molar-refractivity contribution in [1.29, 1.82) is 0 Å². The molecule has 0 aliphatic carbocycles. The molecule has 8 heteroatoms. The molecule has 6 nitrogen and oxygen atoms in total. The smallest absolute Gasteiger partial charge is 0.233 e. The van der Waals surface area contributed by atoms with Crippen LogP contribution in [0, 0.1) is 0 Å². The average Bonchev–Trinajstić information content (AvgIpc) is 3.37. The number of rotatable bonds is 6. The van der Waals surface area contributed by atoms with Crippen LogP contribution >= 0.6 is 11.6 Å². The minimum Gasteiger partial charge on any atom is -0.419 e. The van der Waals surface area contributed by atoms with E-state index in [-0.39, 0.29) is 27.8 Å². The van der Waals surface area contributed by atoms with E-state index in [1.54, 1.807) is 0 Å². The number of hydrogen-bond donors (Lipinski definition) is 1. The molecule has 0 bridgehead atoms. The molecule has 28 heavy (non-hydrogen) atoms. The van der Waals surface area contributed by atoms with Crippen LogP contribution in [0.3, 0.4) is 0 Å². The van der Waals surface area contributed by atoms with E-state index < -0.39 is 9.84 Å². The molecule has 0 unspecified atom stereocenters. The standard InChI is InChI=1S/C20H19ClN2O4S/c21-15-8-10-17(11-9-15)28(24,25)20-19(22-13-16-7-4-12-26-16)27-18(23-20)14-5-2-1-3-6-14/h1-3,5-6,8-11,16,22H,4,7,12-13H2/t16-/m0/s1. The topological polar surface area (TPSA) is 81.4 Å². The molecule has 1 saturated heterocycles. The molecule has 0 radical (unpaired) electrons. The van der Waals surface area contributed by atoms with Crippen LogP contribution in [0.25, 0.3) is 11.5 Å². The van der Waals surface area contributed by atoms with E-state index in [2.05, 4.69) is 10.3 Å². The molecule has 0 amide bonds. The van der Waals surface area contributed by atoms with Crippen LogP contribution in [0.5, 0.6) is 0 Å². The highest BCUT2D eigenvalue weighted by Crippen LogP contribution is 2.33. The Bertz CT molecular complexity index is 1040. The van der Waals surface area contributed by atoms with Gasteiger partial charge in [0, 0.05) is 23.7 Å². The molecule has 146 valence electrons. The summed E-state index contributed by atoms with van der Waals surface area (Å²) in [7, 11) is -3.89. The normalized spacial score (nSPS) is 17.0. The number of benzene rings is 2. The minimum atomic E-state index is -3.89. The zero-order chi connectivity index (χ0) is 19.6. The van der Waals surface area contributed by atoms with Gasteiger partial charge in [-0.05, 0) is 49.2 Å². The maximum absolute atomic E-state index is 13.2. The molecule has 2 heterocycles. The summed E-state index contributed by atoms with van der Waals surface area (Å²) in [6, 6.07) is 15.2. The van der Waals surface area contributed by atoms with Gasteiger partial charge in [-0.2, -0.15) is 4.98 Å². The van der Waals surface area contributed by atoms with Crippen LogP contribution in [-0.4, -0.2) is 32.7 Å². The first-order valence-electron chi connectivity index (χ1n) is 8.96. The molecular formula is C20H19ClN2O4S. The molecule has 3 aromatic rings. The summed E-state index contributed by atoms with van der Waals surface area (Å²) >= 11 is 5.89. The molecule has 1 aliphatic rings. The predicted octanol–water partition coefficient (Wildman–Crippen LogP) is 4.42. The van der Waals surface area contributed by atoms with Crippen LogP contribution in [0.1, 0.15) is 12.8 Å². The van der Waals surface area contributed by atoms with Crippen LogP contribution in [-0.2, 0) is 14.6 Å². The first-order valence-corrected chi connectivity index (χ1v) is 10.8. The largest absolute Gasteiger partial charge is 0.419 e. The Labute approximate surface area is 168 Å². The van der Waals surface area contributed by atoms with Crippen molar-refractivity contribution in [3.63, 3.8) is 0 Å². The minimum absolute atomic E-state index is 0.0244. The predicted molar refractivity (Wildman–Crippen MR) is 106 cm³/mol. The monoisotopic (exact) mass is 418 g/mol. The summed E-state index contributed by atoms with van der Waals surface area (Å²) in [5.74, 6) is 0.354. The second kappa shape index (κ2) is 7.95. The van der Waals surface area contributed by atoms with Gasteiger partial charge in [-0.15, -0.1) is 0 Å². The fourth-order valence-corrected chi connectivity index (χ4v) is 4.45. The van der Waals surface area contributed by atoms with E-state index in [4.69, 9.17) is 20.8 Å². The van der Waals surface area contributed by atoms with Crippen molar-refractivity contribution in [2.45, 2.75) is 28.9 Å². The molecule has 1 atom stereocenters. The van der Waals surface area contributed by atoms with Crippen molar-refractivity contribution in [1.82, 2.24) is 4.98 Å². The summed E-state index contributed by atoms with van der Waals surface area (Å²) < 4.78 is 37.7. The zero-order valence-corrected chi connectivity index (χ0v) is 16.5. The number of oxazole rings is 1. The Hall–Kier alpha value is -2.35. The molecule has 1 N–H and O–H groups in total. The lowest BCUT2D eigenvalue weighted by molar-refractivity contribution is 0.120. The lowest BCUT2D eigenvalue weighted by Crippen LogP contribution is -2.19. The lowest BCUT2D eigenvalue weighted by Gasteiger charge is -2.10. The van der Waals surface area contributed by atoms with Gasteiger partial charge in [-0.25, -0.2) is 8.42 Å². The Balaban J connectivity index is 1.72. The number of nitrogens with one attached hydrogen (secondary N) is 1. The van der Waals surface area contributed by atoms with Gasteiger partial charge < -0.3 is 14.5 Å². The fourth-order valence-electron chi connectivity index (χ4n) is 3.04. The first-order chi connectivity index (χ1) is 13.5. The summed E-state index contributed by atoms with van der Waals surface area (Å²) in [5, 5.41) is 3.39. The second-order valence-electron chi connectivity index (χ2n) is 6.49. The molecule has 4 rings (SSSR count). The summed E-state index contributed by atoms with van der Waals surface area (Å²) in [5.41, 5.74) is 0.695. The highest BCUT2D eigenvalue weighted by Gasteiger charge is 2.29. The number of anilines is 1. The second-order valence-corrected chi connectivity index (χ2v) is 8.79. The maximum Gasteiger partial charge on any atom is 0.233 e. The van der Waals surface area contributed by atoms with Crippen LogP contribution in [0.15, 0.2) is 68.9 Å². The third-order valence-corrected chi connectivity index (χ3v) is 6.44. The van der Waals surface area contributed by atoms with E-state index in [9.17, 15) is 8.42 Å². The van der Waals surface area contributed by atoms with Crippen molar-refractivity contribution < 1.29 is 17.6 Å². The van der Waals surface area contributed by atoms with Crippen molar-refractivity contribution in [2.24, 2.45) is 0 Å². The third-order valence-electron chi connectivity index (χ3n) is 4.51. The SMILES string of the molecule is O=S(=O)(c1ccc(Cl)cc1)c1nc(-c2ccccc2)oc1NC[C@@H]1CCCO1. The van der Waals surface area contributed by atoms with Gasteiger partial charge in [-0.3, -0.25) is 0 Å². The Morgan fingerprint density at radius 3 is 2.54 bits per heavy atom. The zero-order valence-electron chi connectivity index (χ0n) is 15.0. The Kier molecular flexibility index (Phi) is 5.39. The van der Waals surface area contributed by atoms with Crippen molar-refractivity contribution in [2.75, 3.05) is 18.5 Å². The lowest BCUT2D eigenvalue weighted by atomic mass is 10.2. The number of hydrogen-bond acceptors (Lipinski definition) is 6. The van der Waals surface area contributed by atoms with E-state index in [1.807, 2.05) is 30.3 Å². The van der Waals surface area contributed by atoms with Gasteiger partial charge in [-0.1, -0.05) is 29.8 Å². The Morgan fingerprint density at radius 1 is 1.11 bits per heavy atom. The van der Waals surface area contributed by atoms with E-state index >= 15 is 0 Å². The average molecular weight is 419 g/mol.